The summed E-state index contributed by atoms with van der Waals surface area (Å²) >= 11 is 0. The van der Waals surface area contributed by atoms with Crippen LogP contribution < -0.4 is 15.2 Å². The molecule has 1 fully saturated rings. The molecule has 2 unspecified atom stereocenters. The van der Waals surface area contributed by atoms with Gasteiger partial charge < -0.3 is 15.2 Å². The molecule has 1 aromatic heterocycles. The molecular formula is C10H15N3O2. The predicted molar refractivity (Wildman–Crippen MR) is 54.8 cm³/mol. The number of methoxy groups -OCH3 is 1. The maximum Gasteiger partial charge on any atom is 0.319 e. The molecule has 0 bridgehead atoms. The highest BCUT2D eigenvalue weighted by Crippen LogP contribution is 2.22. The Kier molecular flexibility index (Phi) is 3.01. The minimum absolute atomic E-state index is 0.145. The van der Waals surface area contributed by atoms with Crippen LogP contribution in [0.4, 0.5) is 0 Å². The van der Waals surface area contributed by atoms with Crippen molar-refractivity contribution in [2.75, 3.05) is 7.11 Å². The van der Waals surface area contributed by atoms with Gasteiger partial charge in [-0.1, -0.05) is 0 Å². The van der Waals surface area contributed by atoms with Crippen LogP contribution in [0.15, 0.2) is 12.3 Å². The highest BCUT2D eigenvalue weighted by atomic mass is 16.5. The Morgan fingerprint density at radius 2 is 2.33 bits per heavy atom. The third kappa shape index (κ3) is 2.56. The van der Waals surface area contributed by atoms with E-state index >= 15 is 0 Å². The first-order chi connectivity index (χ1) is 7.28. The summed E-state index contributed by atoms with van der Waals surface area (Å²) in [6, 6.07) is 2.31. The fourth-order valence-corrected chi connectivity index (χ4v) is 1.73. The molecule has 82 valence electrons. The molecule has 0 radical (unpaired) electrons. The summed E-state index contributed by atoms with van der Waals surface area (Å²) in [7, 11) is 1.57. The first-order valence-electron chi connectivity index (χ1n) is 5.07. The Bertz CT molecular complexity index is 332. The van der Waals surface area contributed by atoms with Crippen LogP contribution in [-0.4, -0.2) is 29.2 Å². The van der Waals surface area contributed by atoms with E-state index in [0.29, 0.717) is 11.9 Å². The monoisotopic (exact) mass is 209 g/mol. The molecule has 1 aliphatic carbocycles. The normalized spacial score (nSPS) is 25.2. The van der Waals surface area contributed by atoms with Gasteiger partial charge in [0.15, 0.2) is 0 Å². The minimum atomic E-state index is 0.145. The molecular weight excluding hydrogens is 194 g/mol. The molecule has 5 heteroatoms. The van der Waals surface area contributed by atoms with E-state index in [1.807, 2.05) is 0 Å². The Balaban J connectivity index is 1.98. The van der Waals surface area contributed by atoms with Crippen LogP contribution in [0.3, 0.4) is 0 Å². The Morgan fingerprint density at radius 1 is 1.47 bits per heavy atom. The fourth-order valence-electron chi connectivity index (χ4n) is 1.73. The van der Waals surface area contributed by atoms with Crippen molar-refractivity contribution in [3.05, 3.63) is 12.3 Å². The van der Waals surface area contributed by atoms with E-state index < -0.39 is 0 Å². The molecule has 0 spiro atoms. The number of hydrogen-bond acceptors (Lipinski definition) is 5. The molecule has 0 saturated heterocycles. The maximum absolute atomic E-state index is 5.79. The minimum Gasteiger partial charge on any atom is -0.481 e. The van der Waals surface area contributed by atoms with Crippen molar-refractivity contribution in [2.45, 2.75) is 31.4 Å². The van der Waals surface area contributed by atoms with Crippen LogP contribution in [0.1, 0.15) is 19.3 Å². The van der Waals surface area contributed by atoms with Crippen molar-refractivity contribution in [1.29, 1.82) is 0 Å². The van der Waals surface area contributed by atoms with Gasteiger partial charge in [0.25, 0.3) is 0 Å². The molecule has 15 heavy (non-hydrogen) atoms. The van der Waals surface area contributed by atoms with E-state index in [9.17, 15) is 0 Å². The van der Waals surface area contributed by atoms with E-state index in [4.69, 9.17) is 15.2 Å². The van der Waals surface area contributed by atoms with Gasteiger partial charge in [-0.05, 0) is 19.3 Å². The number of aromatic nitrogens is 2. The number of rotatable bonds is 3. The van der Waals surface area contributed by atoms with Gasteiger partial charge >= 0.3 is 6.01 Å². The smallest absolute Gasteiger partial charge is 0.319 e. The Hall–Kier alpha value is -1.36. The van der Waals surface area contributed by atoms with E-state index in [2.05, 4.69) is 9.97 Å². The summed E-state index contributed by atoms with van der Waals surface area (Å²) in [6.45, 7) is 0. The molecule has 0 amide bonds. The second-order valence-corrected chi connectivity index (χ2v) is 3.69. The number of nitrogens with zero attached hydrogens (tertiary/aromatic N) is 2. The third-order valence-electron chi connectivity index (χ3n) is 2.51. The van der Waals surface area contributed by atoms with Crippen LogP contribution in [0.5, 0.6) is 11.9 Å². The zero-order chi connectivity index (χ0) is 10.7. The van der Waals surface area contributed by atoms with Gasteiger partial charge in [0, 0.05) is 18.3 Å². The molecule has 2 rings (SSSR count). The largest absolute Gasteiger partial charge is 0.481 e. The summed E-state index contributed by atoms with van der Waals surface area (Å²) in [5.74, 6) is 0.516. The second kappa shape index (κ2) is 4.44. The third-order valence-corrected chi connectivity index (χ3v) is 2.51. The lowest BCUT2D eigenvalue weighted by Gasteiger charge is -2.11. The average Bonchev–Trinajstić information content (AvgIpc) is 2.64. The summed E-state index contributed by atoms with van der Waals surface area (Å²) in [5, 5.41) is 0. The van der Waals surface area contributed by atoms with Crippen molar-refractivity contribution in [1.82, 2.24) is 9.97 Å². The van der Waals surface area contributed by atoms with Gasteiger partial charge in [-0.15, -0.1) is 0 Å². The zero-order valence-corrected chi connectivity index (χ0v) is 8.72. The van der Waals surface area contributed by atoms with Crippen molar-refractivity contribution in [3.8, 4) is 11.9 Å². The molecule has 0 aliphatic heterocycles. The average molecular weight is 209 g/mol. The predicted octanol–water partition coefficient (Wildman–Crippen LogP) is 0.744. The van der Waals surface area contributed by atoms with Crippen molar-refractivity contribution < 1.29 is 9.47 Å². The van der Waals surface area contributed by atoms with Crippen molar-refractivity contribution >= 4 is 0 Å². The summed E-state index contributed by atoms with van der Waals surface area (Å²) in [5.41, 5.74) is 5.79. The topological polar surface area (TPSA) is 70.3 Å². The highest BCUT2D eigenvalue weighted by molar-refractivity contribution is 5.11. The van der Waals surface area contributed by atoms with Gasteiger partial charge in [-0.2, -0.15) is 4.98 Å². The lowest BCUT2D eigenvalue weighted by atomic mass is 10.3. The van der Waals surface area contributed by atoms with Crippen LogP contribution >= 0.6 is 0 Å². The molecule has 2 N–H and O–H groups in total. The molecule has 1 aromatic rings. The van der Waals surface area contributed by atoms with Crippen molar-refractivity contribution in [2.24, 2.45) is 5.73 Å². The second-order valence-electron chi connectivity index (χ2n) is 3.69. The molecule has 1 saturated carbocycles. The van der Waals surface area contributed by atoms with E-state index in [-0.39, 0.29) is 12.1 Å². The van der Waals surface area contributed by atoms with Gasteiger partial charge in [0.1, 0.15) is 6.10 Å². The van der Waals surface area contributed by atoms with Crippen LogP contribution in [0.2, 0.25) is 0 Å². The van der Waals surface area contributed by atoms with Crippen LogP contribution in [0.25, 0.3) is 0 Å². The number of ether oxygens (including phenoxy) is 2. The number of hydrogen-bond donors (Lipinski definition) is 1. The lowest BCUT2D eigenvalue weighted by Crippen LogP contribution is -2.19. The van der Waals surface area contributed by atoms with Gasteiger partial charge in [0.05, 0.1) is 7.11 Å². The van der Waals surface area contributed by atoms with Gasteiger partial charge in [-0.3, -0.25) is 0 Å². The van der Waals surface area contributed by atoms with Gasteiger partial charge in [0.2, 0.25) is 5.88 Å². The quantitative estimate of drug-likeness (QED) is 0.795. The molecule has 2 atom stereocenters. The standard InChI is InChI=1S/C10H15N3O2/c1-14-9-4-5-12-10(13-9)15-8-3-2-7(11)6-8/h4-5,7-8H,2-3,6,11H2,1H3. The van der Waals surface area contributed by atoms with E-state index in [1.54, 1.807) is 19.4 Å². The van der Waals surface area contributed by atoms with Gasteiger partial charge in [-0.25, -0.2) is 4.98 Å². The molecule has 5 nitrogen and oxygen atoms in total. The highest BCUT2D eigenvalue weighted by Gasteiger charge is 2.23. The first kappa shape index (κ1) is 10.2. The zero-order valence-electron chi connectivity index (χ0n) is 8.72. The first-order valence-corrected chi connectivity index (χ1v) is 5.07. The van der Waals surface area contributed by atoms with Crippen LogP contribution in [-0.2, 0) is 0 Å². The van der Waals surface area contributed by atoms with E-state index in [0.717, 1.165) is 19.3 Å². The maximum atomic E-state index is 5.79. The summed E-state index contributed by atoms with van der Waals surface area (Å²) < 4.78 is 10.6. The molecule has 1 heterocycles. The van der Waals surface area contributed by atoms with Crippen LogP contribution in [0, 0.1) is 0 Å². The molecule has 0 aromatic carbocycles. The molecule has 1 aliphatic rings. The SMILES string of the molecule is COc1ccnc(OC2CCC(N)C2)n1. The Morgan fingerprint density at radius 3 is 3.00 bits per heavy atom. The number of nitrogens with two attached hydrogens (primary N) is 1. The Labute approximate surface area is 88.6 Å². The lowest BCUT2D eigenvalue weighted by molar-refractivity contribution is 0.188. The van der Waals surface area contributed by atoms with E-state index in [1.165, 1.54) is 0 Å². The summed E-state index contributed by atoms with van der Waals surface area (Å²) in [6.07, 6.45) is 4.62. The van der Waals surface area contributed by atoms with Crippen molar-refractivity contribution in [3.63, 3.8) is 0 Å². The summed E-state index contributed by atoms with van der Waals surface area (Å²) in [4.78, 5) is 8.11. The fraction of sp³-hybridized carbons (Fsp3) is 0.600.